The number of ether oxygens (including phenoxy) is 3. The van der Waals surface area contributed by atoms with Gasteiger partial charge in [0.15, 0.2) is 11.5 Å². The Morgan fingerprint density at radius 3 is 2.42 bits per heavy atom. The molecule has 1 unspecified atom stereocenters. The zero-order valence-corrected chi connectivity index (χ0v) is 19.3. The van der Waals surface area contributed by atoms with Crippen LogP contribution in [0.25, 0.3) is 0 Å². The molecule has 0 saturated carbocycles. The second kappa shape index (κ2) is 10.4. The molecule has 0 fully saturated rings. The Labute approximate surface area is 195 Å². The highest BCUT2D eigenvalue weighted by Gasteiger charge is 2.29. The van der Waals surface area contributed by atoms with Gasteiger partial charge in [-0.25, -0.2) is 0 Å². The van der Waals surface area contributed by atoms with Crippen LogP contribution in [-0.2, 0) is 13.0 Å². The molecule has 1 N–H and O–H groups in total. The van der Waals surface area contributed by atoms with E-state index in [0.717, 1.165) is 30.8 Å². The van der Waals surface area contributed by atoms with Crippen LogP contribution in [-0.4, -0.2) is 45.2 Å². The number of amides is 1. The smallest absolute Gasteiger partial charge is 0.251 e. The zero-order chi connectivity index (χ0) is 23.2. The van der Waals surface area contributed by atoms with Crippen molar-refractivity contribution in [1.82, 2.24) is 10.2 Å². The number of carbonyl (C=O) groups excluding carboxylic acids is 1. The van der Waals surface area contributed by atoms with Gasteiger partial charge in [0, 0.05) is 25.2 Å². The highest BCUT2D eigenvalue weighted by Crippen LogP contribution is 2.38. The van der Waals surface area contributed by atoms with Crippen LogP contribution in [0.5, 0.6) is 17.2 Å². The fourth-order valence-corrected chi connectivity index (χ4v) is 4.38. The van der Waals surface area contributed by atoms with Crippen LogP contribution < -0.4 is 19.5 Å². The lowest BCUT2D eigenvalue weighted by atomic mass is 9.91. The van der Waals surface area contributed by atoms with E-state index in [4.69, 9.17) is 14.2 Å². The van der Waals surface area contributed by atoms with Crippen molar-refractivity contribution in [3.8, 4) is 17.2 Å². The van der Waals surface area contributed by atoms with Gasteiger partial charge in [-0.3, -0.25) is 9.69 Å². The van der Waals surface area contributed by atoms with E-state index in [9.17, 15) is 4.79 Å². The van der Waals surface area contributed by atoms with Gasteiger partial charge in [-0.2, -0.15) is 0 Å². The minimum atomic E-state index is -0.124. The Kier molecular flexibility index (Phi) is 7.15. The Bertz CT molecular complexity index is 1100. The van der Waals surface area contributed by atoms with Crippen LogP contribution >= 0.6 is 0 Å². The van der Waals surface area contributed by atoms with Gasteiger partial charge in [-0.15, -0.1) is 0 Å². The number of methoxy groups -OCH3 is 3. The summed E-state index contributed by atoms with van der Waals surface area (Å²) in [6.07, 6.45) is 0.906. The molecule has 0 aliphatic carbocycles. The fourth-order valence-electron chi connectivity index (χ4n) is 4.38. The summed E-state index contributed by atoms with van der Waals surface area (Å²) < 4.78 is 16.4. The first-order valence-corrected chi connectivity index (χ1v) is 11.1. The number of hydrogen-bond acceptors (Lipinski definition) is 5. The molecule has 1 amide bonds. The molecule has 1 aliphatic rings. The Morgan fingerprint density at radius 2 is 1.70 bits per heavy atom. The number of nitrogens with one attached hydrogen (secondary N) is 1. The molecule has 0 spiro atoms. The van der Waals surface area contributed by atoms with Gasteiger partial charge in [0.1, 0.15) is 5.75 Å². The molecule has 1 aliphatic heterocycles. The first-order valence-electron chi connectivity index (χ1n) is 11.1. The number of fused-ring (bicyclic) bond motifs is 1. The maximum atomic E-state index is 12.9. The number of benzene rings is 3. The molecule has 6 heteroatoms. The van der Waals surface area contributed by atoms with E-state index < -0.39 is 0 Å². The highest BCUT2D eigenvalue weighted by atomic mass is 16.5. The Balaban J connectivity index is 1.61. The molecule has 6 nitrogen and oxygen atoms in total. The van der Waals surface area contributed by atoms with Gasteiger partial charge in [0.2, 0.25) is 0 Å². The normalized spacial score (nSPS) is 15.4. The molecule has 0 bridgehead atoms. The van der Waals surface area contributed by atoms with E-state index in [-0.39, 0.29) is 11.9 Å². The van der Waals surface area contributed by atoms with Crippen molar-refractivity contribution in [3.05, 3.63) is 89.0 Å². The number of rotatable bonds is 8. The van der Waals surface area contributed by atoms with Crippen LogP contribution in [0.4, 0.5) is 0 Å². The number of nitrogens with zero attached hydrogens (tertiary/aromatic N) is 1. The van der Waals surface area contributed by atoms with Crippen molar-refractivity contribution < 1.29 is 19.0 Å². The third-order valence-electron chi connectivity index (χ3n) is 6.13. The van der Waals surface area contributed by atoms with Crippen molar-refractivity contribution in [2.24, 2.45) is 0 Å². The van der Waals surface area contributed by atoms with Crippen molar-refractivity contribution in [2.75, 3.05) is 34.4 Å². The van der Waals surface area contributed by atoms with E-state index in [2.05, 4.69) is 40.5 Å². The second-order valence-corrected chi connectivity index (χ2v) is 8.07. The first kappa shape index (κ1) is 22.7. The predicted molar refractivity (Wildman–Crippen MR) is 128 cm³/mol. The maximum Gasteiger partial charge on any atom is 0.251 e. The average molecular weight is 447 g/mol. The van der Waals surface area contributed by atoms with Crippen LogP contribution in [0.1, 0.15) is 33.1 Å². The van der Waals surface area contributed by atoms with Gasteiger partial charge in [-0.1, -0.05) is 36.4 Å². The lowest BCUT2D eigenvalue weighted by Crippen LogP contribution is -2.41. The third kappa shape index (κ3) is 5.12. The number of hydrogen-bond donors (Lipinski definition) is 1. The summed E-state index contributed by atoms with van der Waals surface area (Å²) in [6, 6.07) is 21.7. The fraction of sp³-hybridized carbons (Fsp3) is 0.296. The van der Waals surface area contributed by atoms with E-state index in [0.29, 0.717) is 23.6 Å². The molecular weight excluding hydrogens is 416 g/mol. The molecule has 33 heavy (non-hydrogen) atoms. The zero-order valence-electron chi connectivity index (χ0n) is 19.3. The molecular formula is C27H30N2O4. The average Bonchev–Trinajstić information content (AvgIpc) is 2.87. The van der Waals surface area contributed by atoms with E-state index >= 15 is 0 Å². The standard InChI is InChI=1S/C27H30N2O4/c1-31-22-11-7-10-21(14-22)27(30)28-17-24-23-16-26(33-3)25(32-2)15-20(23)12-13-29(24)18-19-8-5-4-6-9-19/h4-11,14-16,24H,12-13,17-18H2,1-3H3,(H,28,30). The summed E-state index contributed by atoms with van der Waals surface area (Å²) in [5, 5.41) is 3.13. The van der Waals surface area contributed by atoms with Crippen LogP contribution in [0.15, 0.2) is 66.7 Å². The lowest BCUT2D eigenvalue weighted by Gasteiger charge is -2.38. The van der Waals surface area contributed by atoms with Crippen molar-refractivity contribution in [1.29, 1.82) is 0 Å². The topological polar surface area (TPSA) is 60.0 Å². The summed E-state index contributed by atoms with van der Waals surface area (Å²) in [5.41, 5.74) is 4.19. The summed E-state index contributed by atoms with van der Waals surface area (Å²) >= 11 is 0. The quantitative estimate of drug-likeness (QED) is 0.561. The molecule has 3 aromatic rings. The molecule has 1 heterocycles. The van der Waals surface area contributed by atoms with Gasteiger partial charge < -0.3 is 19.5 Å². The second-order valence-electron chi connectivity index (χ2n) is 8.07. The predicted octanol–water partition coefficient (Wildman–Crippen LogP) is 4.24. The van der Waals surface area contributed by atoms with Gasteiger partial charge >= 0.3 is 0 Å². The molecule has 0 radical (unpaired) electrons. The van der Waals surface area contributed by atoms with Crippen molar-refractivity contribution >= 4 is 5.91 Å². The largest absolute Gasteiger partial charge is 0.497 e. The minimum Gasteiger partial charge on any atom is -0.497 e. The minimum absolute atomic E-state index is 0.00307. The van der Waals surface area contributed by atoms with Gasteiger partial charge in [0.05, 0.1) is 27.4 Å². The molecule has 3 aromatic carbocycles. The van der Waals surface area contributed by atoms with E-state index in [1.54, 1.807) is 33.5 Å². The summed E-state index contributed by atoms with van der Waals surface area (Å²) in [6.45, 7) is 2.16. The summed E-state index contributed by atoms with van der Waals surface area (Å²) in [5.74, 6) is 1.96. The number of carbonyl (C=O) groups is 1. The molecule has 172 valence electrons. The maximum absolute atomic E-state index is 12.9. The van der Waals surface area contributed by atoms with Crippen molar-refractivity contribution in [3.63, 3.8) is 0 Å². The summed E-state index contributed by atoms with van der Waals surface area (Å²) in [4.78, 5) is 15.3. The monoisotopic (exact) mass is 446 g/mol. The lowest BCUT2D eigenvalue weighted by molar-refractivity contribution is 0.0925. The Morgan fingerprint density at radius 1 is 0.939 bits per heavy atom. The van der Waals surface area contributed by atoms with E-state index in [1.165, 1.54) is 11.1 Å². The van der Waals surface area contributed by atoms with Gasteiger partial charge in [-0.05, 0) is 53.4 Å². The molecule has 0 aromatic heterocycles. The van der Waals surface area contributed by atoms with Crippen LogP contribution in [0.3, 0.4) is 0 Å². The van der Waals surface area contributed by atoms with Crippen molar-refractivity contribution in [2.45, 2.75) is 19.0 Å². The first-order chi connectivity index (χ1) is 16.1. The third-order valence-corrected chi connectivity index (χ3v) is 6.13. The highest BCUT2D eigenvalue weighted by molar-refractivity contribution is 5.94. The molecule has 1 atom stereocenters. The Hall–Kier alpha value is -3.51. The van der Waals surface area contributed by atoms with Crippen LogP contribution in [0, 0.1) is 0 Å². The van der Waals surface area contributed by atoms with Gasteiger partial charge in [0.25, 0.3) is 5.91 Å². The van der Waals surface area contributed by atoms with Crippen LogP contribution in [0.2, 0.25) is 0 Å². The van der Waals surface area contributed by atoms with E-state index in [1.807, 2.05) is 24.3 Å². The molecule has 0 saturated heterocycles. The SMILES string of the molecule is COc1cccc(C(=O)NCC2c3cc(OC)c(OC)cc3CCN2Cc2ccccc2)c1. The molecule has 4 rings (SSSR count). The summed E-state index contributed by atoms with van der Waals surface area (Å²) in [7, 11) is 4.90.